The maximum absolute atomic E-state index is 12.2. The van der Waals surface area contributed by atoms with Gasteiger partial charge in [0.05, 0.1) is 24.7 Å². The molecule has 1 aliphatic carbocycles. The number of hydrogen-bond acceptors (Lipinski definition) is 4. The van der Waals surface area contributed by atoms with Crippen LogP contribution in [0.5, 0.6) is 5.75 Å². The lowest BCUT2D eigenvalue weighted by Crippen LogP contribution is -2.36. The summed E-state index contributed by atoms with van der Waals surface area (Å²) in [6, 6.07) is 4.76. The van der Waals surface area contributed by atoms with Crippen LogP contribution in [0.3, 0.4) is 0 Å². The largest absolute Gasteiger partial charge is 0.496 e. The molecule has 0 aliphatic heterocycles. The van der Waals surface area contributed by atoms with Crippen LogP contribution in [0.1, 0.15) is 35.7 Å². The van der Waals surface area contributed by atoms with Gasteiger partial charge in [-0.05, 0) is 43.9 Å². The molecule has 2 rings (SSSR count). The van der Waals surface area contributed by atoms with Crippen LogP contribution < -0.4 is 10.1 Å². The van der Waals surface area contributed by atoms with Gasteiger partial charge in [-0.1, -0.05) is 6.07 Å². The second kappa shape index (κ2) is 7.46. The van der Waals surface area contributed by atoms with Gasteiger partial charge in [0, 0.05) is 13.2 Å². The van der Waals surface area contributed by atoms with E-state index in [0.29, 0.717) is 31.9 Å². The van der Waals surface area contributed by atoms with Gasteiger partial charge in [-0.25, -0.2) is 4.79 Å². The van der Waals surface area contributed by atoms with Crippen LogP contribution >= 0.6 is 0 Å². The number of carboxylic acids is 1. The fraction of sp³-hybridized carbons (Fsp3) is 0.529. The third kappa shape index (κ3) is 4.22. The number of carbonyl (C=O) groups excluding carboxylic acids is 1. The number of carboxylic acid groups (broad SMARTS) is 1. The molecule has 0 bridgehead atoms. The van der Waals surface area contributed by atoms with Crippen LogP contribution in [-0.4, -0.2) is 43.9 Å². The molecule has 0 saturated heterocycles. The van der Waals surface area contributed by atoms with Crippen molar-refractivity contribution in [2.75, 3.05) is 26.9 Å². The lowest BCUT2D eigenvalue weighted by atomic mass is 10.1. The van der Waals surface area contributed by atoms with Gasteiger partial charge in [0.25, 0.3) is 0 Å². The van der Waals surface area contributed by atoms with Gasteiger partial charge in [0.15, 0.2) is 0 Å². The first kappa shape index (κ1) is 17.3. The Morgan fingerprint density at radius 1 is 1.35 bits per heavy atom. The van der Waals surface area contributed by atoms with E-state index in [9.17, 15) is 9.59 Å². The van der Waals surface area contributed by atoms with Crippen molar-refractivity contribution in [3.05, 3.63) is 29.3 Å². The summed E-state index contributed by atoms with van der Waals surface area (Å²) in [6.45, 7) is 3.49. The zero-order valence-corrected chi connectivity index (χ0v) is 13.6. The molecular formula is C17H23NO5. The van der Waals surface area contributed by atoms with Crippen LogP contribution in [0.2, 0.25) is 0 Å². The van der Waals surface area contributed by atoms with E-state index in [1.54, 1.807) is 12.1 Å². The summed E-state index contributed by atoms with van der Waals surface area (Å²) in [7, 11) is 1.50. The van der Waals surface area contributed by atoms with Crippen molar-refractivity contribution in [1.82, 2.24) is 5.32 Å². The monoisotopic (exact) mass is 321 g/mol. The second-order valence-electron chi connectivity index (χ2n) is 5.76. The van der Waals surface area contributed by atoms with Crippen molar-refractivity contribution in [3.63, 3.8) is 0 Å². The minimum atomic E-state index is -0.991. The first-order chi connectivity index (χ1) is 11.0. The van der Waals surface area contributed by atoms with E-state index in [4.69, 9.17) is 14.6 Å². The number of rotatable bonds is 9. The summed E-state index contributed by atoms with van der Waals surface area (Å²) in [5, 5.41) is 11.9. The van der Waals surface area contributed by atoms with Gasteiger partial charge in [-0.2, -0.15) is 0 Å². The predicted molar refractivity (Wildman–Crippen MR) is 84.8 cm³/mol. The zero-order valence-electron chi connectivity index (χ0n) is 13.6. The zero-order chi connectivity index (χ0) is 16.9. The van der Waals surface area contributed by atoms with Crippen LogP contribution in [0.4, 0.5) is 0 Å². The van der Waals surface area contributed by atoms with Gasteiger partial charge >= 0.3 is 5.97 Å². The Balaban J connectivity index is 1.89. The maximum Gasteiger partial charge on any atom is 0.335 e. The first-order valence-corrected chi connectivity index (χ1v) is 7.78. The van der Waals surface area contributed by atoms with Gasteiger partial charge in [0.2, 0.25) is 5.91 Å². The van der Waals surface area contributed by atoms with Crippen LogP contribution in [0.15, 0.2) is 18.2 Å². The summed E-state index contributed by atoms with van der Waals surface area (Å²) in [4.78, 5) is 23.2. The number of amides is 1. The highest BCUT2D eigenvalue weighted by molar-refractivity contribution is 5.88. The third-order valence-corrected chi connectivity index (χ3v) is 4.13. The summed E-state index contributed by atoms with van der Waals surface area (Å²) in [5.74, 6) is -0.434. The predicted octanol–water partition coefficient (Wildman–Crippen LogP) is 1.87. The molecule has 0 unspecified atom stereocenters. The lowest BCUT2D eigenvalue weighted by molar-refractivity contribution is -0.128. The highest BCUT2D eigenvalue weighted by atomic mass is 16.5. The standard InChI is InChI=1S/C17H23NO5/c1-3-23-11-17(7-8-17)16(21)18-9-6-12-4-5-13(15(19)20)10-14(12)22-2/h4-5,10H,3,6-9,11H2,1-2H3,(H,18,21)(H,19,20). The van der Waals surface area contributed by atoms with Gasteiger partial charge in [-0.3, -0.25) is 4.79 Å². The second-order valence-corrected chi connectivity index (χ2v) is 5.76. The van der Waals surface area contributed by atoms with Crippen molar-refractivity contribution < 1.29 is 24.2 Å². The summed E-state index contributed by atoms with van der Waals surface area (Å²) in [6.07, 6.45) is 2.32. The molecule has 0 spiro atoms. The van der Waals surface area contributed by atoms with Gasteiger partial charge in [-0.15, -0.1) is 0 Å². The van der Waals surface area contributed by atoms with E-state index in [1.807, 2.05) is 6.92 Å². The molecule has 6 heteroatoms. The van der Waals surface area contributed by atoms with Crippen molar-refractivity contribution in [2.45, 2.75) is 26.2 Å². The summed E-state index contributed by atoms with van der Waals surface area (Å²) in [5.41, 5.74) is 0.712. The Morgan fingerprint density at radius 2 is 2.09 bits per heavy atom. The van der Waals surface area contributed by atoms with Crippen LogP contribution in [0, 0.1) is 5.41 Å². The molecule has 0 radical (unpaired) electrons. The first-order valence-electron chi connectivity index (χ1n) is 7.78. The smallest absolute Gasteiger partial charge is 0.335 e. The number of aromatic carboxylic acids is 1. The average molecular weight is 321 g/mol. The van der Waals surface area contributed by atoms with Crippen LogP contribution in [-0.2, 0) is 16.0 Å². The Labute approximate surface area is 135 Å². The van der Waals surface area contributed by atoms with Crippen molar-refractivity contribution in [3.8, 4) is 5.75 Å². The highest BCUT2D eigenvalue weighted by Gasteiger charge is 2.49. The number of benzene rings is 1. The summed E-state index contributed by atoms with van der Waals surface area (Å²) >= 11 is 0. The molecule has 23 heavy (non-hydrogen) atoms. The molecule has 1 aromatic carbocycles. The number of nitrogens with one attached hydrogen (secondary N) is 1. The lowest BCUT2D eigenvalue weighted by Gasteiger charge is -2.15. The molecule has 1 aromatic rings. The SMILES string of the molecule is CCOCC1(C(=O)NCCc2ccc(C(=O)O)cc2OC)CC1. The molecule has 1 amide bonds. The molecule has 2 N–H and O–H groups in total. The molecule has 126 valence electrons. The van der Waals surface area contributed by atoms with Crippen molar-refractivity contribution in [2.24, 2.45) is 5.41 Å². The minimum absolute atomic E-state index is 0.0343. The van der Waals surface area contributed by atoms with Gasteiger partial charge < -0.3 is 19.9 Å². The molecule has 1 saturated carbocycles. The van der Waals surface area contributed by atoms with Crippen molar-refractivity contribution >= 4 is 11.9 Å². The van der Waals surface area contributed by atoms with E-state index in [1.165, 1.54) is 13.2 Å². The van der Waals surface area contributed by atoms with E-state index in [-0.39, 0.29) is 16.9 Å². The number of hydrogen-bond donors (Lipinski definition) is 2. The Kier molecular flexibility index (Phi) is 5.60. The number of ether oxygens (including phenoxy) is 2. The highest BCUT2D eigenvalue weighted by Crippen LogP contribution is 2.46. The third-order valence-electron chi connectivity index (χ3n) is 4.13. The molecule has 6 nitrogen and oxygen atoms in total. The molecular weight excluding hydrogens is 298 g/mol. The summed E-state index contributed by atoms with van der Waals surface area (Å²) < 4.78 is 10.6. The topological polar surface area (TPSA) is 84.9 Å². The van der Waals surface area contributed by atoms with E-state index in [0.717, 1.165) is 18.4 Å². The normalized spacial score (nSPS) is 15.0. The van der Waals surface area contributed by atoms with E-state index >= 15 is 0 Å². The molecule has 1 fully saturated rings. The minimum Gasteiger partial charge on any atom is -0.496 e. The molecule has 0 heterocycles. The Morgan fingerprint density at radius 3 is 2.65 bits per heavy atom. The van der Waals surface area contributed by atoms with E-state index in [2.05, 4.69) is 5.32 Å². The Bertz CT molecular complexity index is 580. The number of methoxy groups -OCH3 is 1. The maximum atomic E-state index is 12.2. The molecule has 0 atom stereocenters. The van der Waals surface area contributed by atoms with E-state index < -0.39 is 5.97 Å². The van der Waals surface area contributed by atoms with Crippen molar-refractivity contribution in [1.29, 1.82) is 0 Å². The quantitative estimate of drug-likeness (QED) is 0.725. The fourth-order valence-electron chi connectivity index (χ4n) is 2.47. The number of carbonyl (C=O) groups is 2. The van der Waals surface area contributed by atoms with Gasteiger partial charge in [0.1, 0.15) is 5.75 Å². The van der Waals surface area contributed by atoms with Crippen LogP contribution in [0.25, 0.3) is 0 Å². The Hall–Kier alpha value is -2.08. The molecule has 0 aromatic heterocycles. The molecule has 1 aliphatic rings. The fourth-order valence-corrected chi connectivity index (χ4v) is 2.47. The average Bonchev–Trinajstić information content (AvgIpc) is 3.34.